The summed E-state index contributed by atoms with van der Waals surface area (Å²) in [6.07, 6.45) is 3.21. The van der Waals surface area contributed by atoms with Gasteiger partial charge in [-0.3, -0.25) is 0 Å². The van der Waals surface area contributed by atoms with Crippen LogP contribution in [-0.2, 0) is 21.1 Å². The van der Waals surface area contributed by atoms with E-state index < -0.39 is 15.4 Å². The Morgan fingerprint density at radius 3 is 2.28 bits per heavy atom. The summed E-state index contributed by atoms with van der Waals surface area (Å²) < 4.78 is 34.2. The molecule has 0 bridgehead atoms. The van der Waals surface area contributed by atoms with Gasteiger partial charge in [0.2, 0.25) is 9.84 Å². The Kier molecular flexibility index (Phi) is 6.03. The summed E-state index contributed by atoms with van der Waals surface area (Å²) in [4.78, 5) is 14.7. The molecule has 0 atom stereocenters. The van der Waals surface area contributed by atoms with E-state index >= 15 is 0 Å². The van der Waals surface area contributed by atoms with Crippen LogP contribution in [-0.4, -0.2) is 42.7 Å². The lowest BCUT2D eigenvalue weighted by molar-refractivity contribution is 0.0178. The lowest BCUT2D eigenvalue weighted by Gasteiger charge is -2.33. The van der Waals surface area contributed by atoms with E-state index in [1.165, 1.54) is 0 Å². The molecule has 1 aliphatic heterocycles. The number of carbonyl (C=O) groups is 1. The predicted octanol–water partition coefficient (Wildman–Crippen LogP) is 5.12. The van der Waals surface area contributed by atoms with Crippen molar-refractivity contribution in [1.29, 1.82) is 0 Å². The molecular weight excluding hydrogens is 424 g/mol. The van der Waals surface area contributed by atoms with E-state index in [1.54, 1.807) is 35.4 Å². The van der Waals surface area contributed by atoms with Crippen LogP contribution in [0.4, 0.5) is 4.79 Å². The molecule has 0 saturated carbocycles. The quantitative estimate of drug-likeness (QED) is 0.549. The number of hydrogen-bond acceptors (Lipinski definition) is 4. The number of para-hydroxylation sites is 1. The fourth-order valence-corrected chi connectivity index (χ4v) is 5.71. The monoisotopic (exact) mass is 454 g/mol. The van der Waals surface area contributed by atoms with E-state index in [0.717, 1.165) is 23.7 Å². The summed E-state index contributed by atoms with van der Waals surface area (Å²) in [6.45, 7) is 7.62. The summed E-state index contributed by atoms with van der Waals surface area (Å²) in [5.41, 5.74) is 0.412. The average Bonchev–Trinajstić information content (AvgIpc) is 3.13. The molecule has 0 radical (unpaired) electrons. The van der Waals surface area contributed by atoms with Crippen LogP contribution in [0.3, 0.4) is 0 Å². The van der Waals surface area contributed by atoms with Gasteiger partial charge in [0.25, 0.3) is 0 Å². The van der Waals surface area contributed by atoms with Crippen molar-refractivity contribution in [3.8, 4) is 0 Å². The number of hydrogen-bond donors (Lipinski definition) is 0. The molecule has 0 unspecified atom stereocenters. The lowest BCUT2D eigenvalue weighted by atomic mass is 9.97. The van der Waals surface area contributed by atoms with Gasteiger partial charge in [-0.15, -0.1) is 0 Å². The smallest absolute Gasteiger partial charge is 0.410 e. The second-order valence-corrected chi connectivity index (χ2v) is 11.3. The SMILES string of the molecule is CC(C)(C)OC(=O)N1CCC(Cn2cc(S(=O)(=O)c3ccccc3)c3ccccc32)CC1. The number of rotatable bonds is 4. The zero-order valence-corrected chi connectivity index (χ0v) is 19.6. The number of aromatic nitrogens is 1. The van der Waals surface area contributed by atoms with Crippen LogP contribution in [0.2, 0.25) is 0 Å². The Hall–Kier alpha value is -2.80. The molecule has 0 spiro atoms. The average molecular weight is 455 g/mol. The Labute approximate surface area is 189 Å². The molecular formula is C25H30N2O4S. The fourth-order valence-electron chi connectivity index (χ4n) is 4.21. The second kappa shape index (κ2) is 8.62. The van der Waals surface area contributed by atoms with E-state index in [-0.39, 0.29) is 6.09 Å². The molecule has 2 aromatic carbocycles. The van der Waals surface area contributed by atoms with Crippen molar-refractivity contribution in [3.63, 3.8) is 0 Å². The molecule has 1 fully saturated rings. The van der Waals surface area contributed by atoms with Crippen molar-refractivity contribution in [2.24, 2.45) is 5.92 Å². The minimum Gasteiger partial charge on any atom is -0.444 e. The largest absolute Gasteiger partial charge is 0.444 e. The van der Waals surface area contributed by atoms with Gasteiger partial charge in [0.1, 0.15) is 5.60 Å². The van der Waals surface area contributed by atoms with Gasteiger partial charge >= 0.3 is 6.09 Å². The maximum Gasteiger partial charge on any atom is 0.410 e. The van der Waals surface area contributed by atoms with Gasteiger partial charge in [0.05, 0.1) is 9.79 Å². The van der Waals surface area contributed by atoms with Gasteiger partial charge in [-0.05, 0) is 57.7 Å². The molecule has 4 rings (SSSR count). The molecule has 32 heavy (non-hydrogen) atoms. The molecule has 170 valence electrons. The van der Waals surface area contributed by atoms with Gasteiger partial charge in [0, 0.05) is 36.7 Å². The summed E-state index contributed by atoms with van der Waals surface area (Å²) in [5, 5.41) is 0.738. The number of carbonyl (C=O) groups excluding carboxylic acids is 1. The van der Waals surface area contributed by atoms with Crippen LogP contribution >= 0.6 is 0 Å². The molecule has 3 aromatic rings. The van der Waals surface area contributed by atoms with Crippen molar-refractivity contribution in [3.05, 3.63) is 60.8 Å². The molecule has 0 N–H and O–H groups in total. The zero-order valence-electron chi connectivity index (χ0n) is 18.8. The van der Waals surface area contributed by atoms with Gasteiger partial charge in [-0.25, -0.2) is 13.2 Å². The minimum atomic E-state index is -3.61. The summed E-state index contributed by atoms with van der Waals surface area (Å²) in [7, 11) is -3.61. The molecule has 1 aromatic heterocycles. The van der Waals surface area contributed by atoms with Crippen LogP contribution in [0.5, 0.6) is 0 Å². The first-order chi connectivity index (χ1) is 15.1. The highest BCUT2D eigenvalue weighted by Crippen LogP contribution is 2.32. The summed E-state index contributed by atoms with van der Waals surface area (Å²) in [6, 6.07) is 16.2. The first-order valence-corrected chi connectivity index (χ1v) is 12.5. The molecule has 0 aliphatic carbocycles. The highest BCUT2D eigenvalue weighted by atomic mass is 32.2. The van der Waals surface area contributed by atoms with E-state index in [2.05, 4.69) is 4.57 Å². The van der Waals surface area contributed by atoms with Crippen LogP contribution in [0.1, 0.15) is 33.6 Å². The molecule has 1 amide bonds. The number of nitrogens with zero attached hydrogens (tertiary/aromatic N) is 2. The summed E-state index contributed by atoms with van der Waals surface area (Å²) in [5.74, 6) is 0.358. The Bertz CT molecular complexity index is 1200. The van der Waals surface area contributed by atoms with E-state index in [9.17, 15) is 13.2 Å². The second-order valence-electron chi connectivity index (χ2n) is 9.39. The summed E-state index contributed by atoms with van der Waals surface area (Å²) >= 11 is 0. The maximum atomic E-state index is 13.3. The number of fused-ring (bicyclic) bond motifs is 1. The van der Waals surface area contributed by atoms with Gasteiger partial charge in [-0.1, -0.05) is 36.4 Å². The molecule has 1 saturated heterocycles. The Morgan fingerprint density at radius 2 is 1.62 bits per heavy atom. The normalized spacial score (nSPS) is 15.8. The molecule has 7 heteroatoms. The van der Waals surface area contributed by atoms with Gasteiger partial charge in [-0.2, -0.15) is 0 Å². The van der Waals surface area contributed by atoms with Crippen LogP contribution in [0.25, 0.3) is 10.9 Å². The van der Waals surface area contributed by atoms with E-state index in [1.807, 2.05) is 51.1 Å². The third kappa shape index (κ3) is 4.67. The topological polar surface area (TPSA) is 68.6 Å². The zero-order chi connectivity index (χ0) is 22.9. The predicted molar refractivity (Wildman–Crippen MR) is 124 cm³/mol. The number of likely N-dealkylation sites (tertiary alicyclic amines) is 1. The first kappa shape index (κ1) is 22.4. The van der Waals surface area contributed by atoms with E-state index in [0.29, 0.717) is 35.3 Å². The number of ether oxygens (including phenoxy) is 1. The van der Waals surface area contributed by atoms with Crippen molar-refractivity contribution < 1.29 is 17.9 Å². The van der Waals surface area contributed by atoms with Crippen LogP contribution in [0.15, 0.2) is 70.6 Å². The highest BCUT2D eigenvalue weighted by Gasteiger charge is 2.28. The molecule has 1 aliphatic rings. The third-order valence-corrected chi connectivity index (χ3v) is 7.61. The number of sulfone groups is 1. The van der Waals surface area contributed by atoms with Crippen molar-refractivity contribution >= 4 is 26.8 Å². The van der Waals surface area contributed by atoms with Crippen molar-refractivity contribution in [2.45, 2.75) is 55.5 Å². The first-order valence-electron chi connectivity index (χ1n) is 11.0. The van der Waals surface area contributed by atoms with Crippen LogP contribution < -0.4 is 0 Å². The standard InChI is InChI=1S/C25H30N2O4S/c1-25(2,3)31-24(28)26-15-13-19(14-16-26)17-27-18-23(21-11-7-8-12-22(21)27)32(29,30)20-9-5-4-6-10-20/h4-12,18-19H,13-17H2,1-3H3. The fraction of sp³-hybridized carbons (Fsp3) is 0.400. The van der Waals surface area contributed by atoms with Crippen LogP contribution in [0, 0.1) is 5.92 Å². The lowest BCUT2D eigenvalue weighted by Crippen LogP contribution is -2.42. The van der Waals surface area contributed by atoms with Crippen molar-refractivity contribution in [2.75, 3.05) is 13.1 Å². The third-order valence-electron chi connectivity index (χ3n) is 5.82. The molecule has 2 heterocycles. The van der Waals surface area contributed by atoms with E-state index in [4.69, 9.17) is 4.74 Å². The Balaban J connectivity index is 1.54. The van der Waals surface area contributed by atoms with Gasteiger partial charge in [0.15, 0.2) is 0 Å². The van der Waals surface area contributed by atoms with Gasteiger partial charge < -0.3 is 14.2 Å². The minimum absolute atomic E-state index is 0.265. The molecule has 6 nitrogen and oxygen atoms in total. The highest BCUT2D eigenvalue weighted by molar-refractivity contribution is 7.91. The maximum absolute atomic E-state index is 13.3. The van der Waals surface area contributed by atoms with Crippen molar-refractivity contribution in [1.82, 2.24) is 9.47 Å². The Morgan fingerprint density at radius 1 is 1.00 bits per heavy atom. The number of amides is 1. The number of benzene rings is 2. The number of piperidine rings is 1.